The van der Waals surface area contributed by atoms with Crippen molar-refractivity contribution in [1.82, 2.24) is 20.4 Å². The maximum Gasteiger partial charge on any atom is 0.270 e. The molecule has 0 aromatic carbocycles. The van der Waals surface area contributed by atoms with Crippen molar-refractivity contribution in [3.8, 4) is 5.75 Å². The fraction of sp³-hybridized carbons (Fsp3) is 0.600. The average molecular weight is 386 g/mol. The fourth-order valence-corrected chi connectivity index (χ4v) is 4.01. The summed E-state index contributed by atoms with van der Waals surface area (Å²) in [5.74, 6) is 1.38. The zero-order valence-corrected chi connectivity index (χ0v) is 16.1. The number of hydrogen-bond donors (Lipinski definition) is 1. The highest BCUT2D eigenvalue weighted by Crippen LogP contribution is 2.36. The van der Waals surface area contributed by atoms with Crippen LogP contribution in [0.3, 0.4) is 0 Å². The zero-order chi connectivity index (χ0) is 19.4. The van der Waals surface area contributed by atoms with Crippen LogP contribution < -0.4 is 10.1 Å². The van der Waals surface area contributed by atoms with Gasteiger partial charge >= 0.3 is 0 Å². The molecule has 8 heteroatoms. The van der Waals surface area contributed by atoms with Crippen LogP contribution in [-0.2, 0) is 10.3 Å². The molecule has 2 aromatic heterocycles. The number of nitrogens with zero attached hydrogens (tertiary/aromatic N) is 3. The molecule has 2 aromatic rings. The third kappa shape index (κ3) is 3.87. The molecule has 1 aliphatic carbocycles. The maximum absolute atomic E-state index is 13.0. The number of amides is 1. The molecule has 0 spiro atoms. The highest BCUT2D eigenvalue weighted by Gasteiger charge is 2.40. The van der Waals surface area contributed by atoms with Gasteiger partial charge in [-0.05, 0) is 31.7 Å². The Bertz CT molecular complexity index is 808. The van der Waals surface area contributed by atoms with Crippen molar-refractivity contribution in [1.29, 1.82) is 0 Å². The molecule has 3 heterocycles. The lowest BCUT2D eigenvalue weighted by molar-refractivity contribution is 0.0833. The number of carbonyl (C=O) groups is 1. The van der Waals surface area contributed by atoms with E-state index in [4.69, 9.17) is 14.0 Å². The normalized spacial score (nSPS) is 21.8. The molecule has 1 atom stereocenters. The molecule has 0 bridgehead atoms. The van der Waals surface area contributed by atoms with Crippen molar-refractivity contribution >= 4 is 5.91 Å². The Morgan fingerprint density at radius 3 is 2.79 bits per heavy atom. The molecule has 150 valence electrons. The molecule has 0 unspecified atom stereocenters. The molecule has 28 heavy (non-hydrogen) atoms. The van der Waals surface area contributed by atoms with E-state index < -0.39 is 5.54 Å². The van der Waals surface area contributed by atoms with Crippen molar-refractivity contribution in [2.24, 2.45) is 0 Å². The van der Waals surface area contributed by atoms with Gasteiger partial charge in [0.2, 0.25) is 0 Å². The van der Waals surface area contributed by atoms with Gasteiger partial charge in [0.05, 0.1) is 7.11 Å². The molecule has 2 aliphatic rings. The van der Waals surface area contributed by atoms with Gasteiger partial charge in [-0.2, -0.15) is 4.98 Å². The van der Waals surface area contributed by atoms with Gasteiger partial charge in [-0.25, -0.2) is 0 Å². The van der Waals surface area contributed by atoms with E-state index >= 15 is 0 Å². The number of ether oxygens (including phenoxy) is 2. The summed E-state index contributed by atoms with van der Waals surface area (Å²) in [4.78, 5) is 21.8. The minimum atomic E-state index is -0.654. The minimum absolute atomic E-state index is 0.139. The van der Waals surface area contributed by atoms with Crippen LogP contribution in [0.5, 0.6) is 5.75 Å². The summed E-state index contributed by atoms with van der Waals surface area (Å²) in [6, 6.07) is 3.35. The van der Waals surface area contributed by atoms with Crippen LogP contribution in [0, 0.1) is 0 Å². The average Bonchev–Trinajstić information content (AvgIpc) is 3.38. The van der Waals surface area contributed by atoms with Crippen molar-refractivity contribution in [3.05, 3.63) is 35.7 Å². The van der Waals surface area contributed by atoms with E-state index in [2.05, 4.69) is 20.4 Å². The van der Waals surface area contributed by atoms with Gasteiger partial charge in [0.1, 0.15) is 23.1 Å². The van der Waals surface area contributed by atoms with E-state index in [9.17, 15) is 4.79 Å². The van der Waals surface area contributed by atoms with E-state index in [0.29, 0.717) is 29.8 Å². The van der Waals surface area contributed by atoms with Gasteiger partial charge in [-0.3, -0.25) is 9.78 Å². The number of carbonyl (C=O) groups excluding carboxylic acids is 1. The van der Waals surface area contributed by atoms with Crippen LogP contribution in [0.25, 0.3) is 0 Å². The second-order valence-electron chi connectivity index (χ2n) is 7.49. The Labute approximate surface area is 164 Å². The third-order valence-corrected chi connectivity index (χ3v) is 5.58. The summed E-state index contributed by atoms with van der Waals surface area (Å²) in [5.41, 5.74) is -0.343. The largest absolute Gasteiger partial charge is 0.497 e. The monoisotopic (exact) mass is 386 g/mol. The molecule has 0 radical (unpaired) electrons. The lowest BCUT2D eigenvalue weighted by Crippen LogP contribution is -2.46. The van der Waals surface area contributed by atoms with Gasteiger partial charge in [0.25, 0.3) is 11.8 Å². The molecular formula is C20H26N4O4. The number of aromatic nitrogens is 3. The molecular weight excluding hydrogens is 360 g/mol. The Morgan fingerprint density at radius 1 is 1.25 bits per heavy atom. The smallest absolute Gasteiger partial charge is 0.270 e. The second kappa shape index (κ2) is 8.26. The molecule has 2 fully saturated rings. The van der Waals surface area contributed by atoms with Gasteiger partial charge in [0, 0.05) is 18.9 Å². The van der Waals surface area contributed by atoms with Crippen LogP contribution in [0.4, 0.5) is 0 Å². The molecule has 8 nitrogen and oxygen atoms in total. The van der Waals surface area contributed by atoms with E-state index in [1.165, 1.54) is 0 Å². The number of pyridine rings is 1. The van der Waals surface area contributed by atoms with Gasteiger partial charge in [-0.1, -0.05) is 30.8 Å². The van der Waals surface area contributed by atoms with Crippen LogP contribution in [0.2, 0.25) is 0 Å². The first-order valence-corrected chi connectivity index (χ1v) is 9.98. The fourth-order valence-electron chi connectivity index (χ4n) is 4.01. The summed E-state index contributed by atoms with van der Waals surface area (Å²) in [7, 11) is 1.57. The Morgan fingerprint density at radius 2 is 2.07 bits per heavy atom. The number of nitrogens with one attached hydrogen (secondary N) is 1. The molecule has 1 aliphatic heterocycles. The summed E-state index contributed by atoms with van der Waals surface area (Å²) >= 11 is 0. The Kier molecular flexibility index (Phi) is 5.57. The van der Waals surface area contributed by atoms with E-state index in [1.807, 2.05) is 0 Å². The molecule has 4 rings (SSSR count). The first kappa shape index (κ1) is 18.9. The van der Waals surface area contributed by atoms with E-state index in [0.717, 1.165) is 51.4 Å². The van der Waals surface area contributed by atoms with Crippen molar-refractivity contribution in [2.75, 3.05) is 13.7 Å². The molecule has 1 saturated carbocycles. The van der Waals surface area contributed by atoms with Gasteiger partial charge < -0.3 is 19.3 Å². The van der Waals surface area contributed by atoms with Gasteiger partial charge in [0.15, 0.2) is 5.82 Å². The topological polar surface area (TPSA) is 99.4 Å². The van der Waals surface area contributed by atoms with E-state index in [1.54, 1.807) is 25.4 Å². The standard InChI is InChI=1S/C20H26N4O4/c1-26-14-8-11-21-15(13-14)17(25)23-20(9-4-2-3-5-10-20)19-22-18(28-24-19)16-7-6-12-27-16/h8,11,13,16H,2-7,9-10,12H2,1H3,(H,23,25)/t16-/m0/s1. The van der Waals surface area contributed by atoms with E-state index in [-0.39, 0.29) is 12.0 Å². The van der Waals surface area contributed by atoms with Crippen molar-refractivity contribution < 1.29 is 18.8 Å². The van der Waals surface area contributed by atoms with Gasteiger partial charge in [-0.15, -0.1) is 0 Å². The Balaban J connectivity index is 1.61. The quantitative estimate of drug-likeness (QED) is 0.787. The highest BCUT2D eigenvalue weighted by atomic mass is 16.5. The SMILES string of the molecule is COc1ccnc(C(=O)NC2(c3noc([C@@H]4CCCO4)n3)CCCCCC2)c1. The predicted octanol–water partition coefficient (Wildman–Crippen LogP) is 3.30. The van der Waals surface area contributed by atoms with Crippen molar-refractivity contribution in [3.63, 3.8) is 0 Å². The van der Waals surface area contributed by atoms with Crippen molar-refractivity contribution in [2.45, 2.75) is 63.0 Å². The maximum atomic E-state index is 13.0. The number of rotatable bonds is 5. The van der Waals surface area contributed by atoms with Crippen LogP contribution in [-0.4, -0.2) is 34.7 Å². The molecule has 1 N–H and O–H groups in total. The predicted molar refractivity (Wildman–Crippen MR) is 99.9 cm³/mol. The summed E-state index contributed by atoms with van der Waals surface area (Å²) < 4.78 is 16.4. The first-order chi connectivity index (χ1) is 13.7. The summed E-state index contributed by atoms with van der Waals surface area (Å²) in [5, 5.41) is 7.43. The lowest BCUT2D eigenvalue weighted by Gasteiger charge is -2.30. The third-order valence-electron chi connectivity index (χ3n) is 5.58. The molecule has 1 saturated heterocycles. The lowest BCUT2D eigenvalue weighted by atomic mass is 9.89. The Hall–Kier alpha value is -2.48. The minimum Gasteiger partial charge on any atom is -0.497 e. The van der Waals surface area contributed by atoms with Crippen LogP contribution in [0.1, 0.15) is 79.7 Å². The summed E-state index contributed by atoms with van der Waals surface area (Å²) in [6.07, 6.45) is 9.10. The number of methoxy groups -OCH3 is 1. The number of hydrogen-bond acceptors (Lipinski definition) is 7. The zero-order valence-electron chi connectivity index (χ0n) is 16.1. The molecule has 1 amide bonds. The highest BCUT2D eigenvalue weighted by molar-refractivity contribution is 5.93. The van der Waals surface area contributed by atoms with Crippen LogP contribution >= 0.6 is 0 Å². The second-order valence-corrected chi connectivity index (χ2v) is 7.49. The van der Waals surface area contributed by atoms with Crippen LogP contribution in [0.15, 0.2) is 22.9 Å². The summed E-state index contributed by atoms with van der Waals surface area (Å²) in [6.45, 7) is 0.714. The first-order valence-electron chi connectivity index (χ1n) is 9.98.